The molecule has 0 saturated carbocycles. The van der Waals surface area contributed by atoms with Gasteiger partial charge in [-0.1, -0.05) is 13.8 Å². The van der Waals surface area contributed by atoms with Crippen LogP contribution in [0.2, 0.25) is 0 Å². The van der Waals surface area contributed by atoms with Crippen molar-refractivity contribution in [2.45, 2.75) is 38.1 Å². The van der Waals surface area contributed by atoms with E-state index in [1.165, 1.54) is 4.90 Å². The van der Waals surface area contributed by atoms with Crippen molar-refractivity contribution in [3.63, 3.8) is 0 Å². The summed E-state index contributed by atoms with van der Waals surface area (Å²) >= 11 is 1.55. The molecule has 1 aliphatic rings. The number of aliphatic carboxylic acids is 1. The standard InChI is InChI=1S/C11H20N2O3S/c1-4-6-12(3)11(16)13-8(10(14)15)7-17-9(13)5-2/h8-9H,4-7H2,1-3H3,(H,14,15). The summed E-state index contributed by atoms with van der Waals surface area (Å²) in [5, 5.41) is 9.12. The van der Waals surface area contributed by atoms with Gasteiger partial charge in [-0.25, -0.2) is 9.59 Å². The van der Waals surface area contributed by atoms with Crippen molar-refractivity contribution in [2.75, 3.05) is 19.3 Å². The molecule has 1 rings (SSSR count). The summed E-state index contributed by atoms with van der Waals surface area (Å²) in [4.78, 5) is 26.4. The third-order valence-corrected chi connectivity index (χ3v) is 4.29. The minimum atomic E-state index is -0.910. The predicted molar refractivity (Wildman–Crippen MR) is 68.1 cm³/mol. The second-order valence-corrected chi connectivity index (χ2v) is 5.37. The fraction of sp³-hybridized carbons (Fsp3) is 0.818. The fourth-order valence-electron chi connectivity index (χ4n) is 1.95. The predicted octanol–water partition coefficient (Wildman–Crippen LogP) is 1.69. The average molecular weight is 260 g/mol. The zero-order valence-electron chi connectivity index (χ0n) is 10.5. The number of nitrogens with zero attached hydrogens (tertiary/aromatic N) is 2. The first-order valence-electron chi connectivity index (χ1n) is 5.90. The van der Waals surface area contributed by atoms with Gasteiger partial charge in [-0.3, -0.25) is 4.90 Å². The lowest BCUT2D eigenvalue weighted by Gasteiger charge is -2.31. The highest BCUT2D eigenvalue weighted by molar-refractivity contribution is 8.00. The van der Waals surface area contributed by atoms with Crippen molar-refractivity contribution >= 4 is 23.8 Å². The summed E-state index contributed by atoms with van der Waals surface area (Å²) in [6.45, 7) is 4.62. The van der Waals surface area contributed by atoms with Gasteiger partial charge in [-0.2, -0.15) is 0 Å². The first-order chi connectivity index (χ1) is 8.02. The molecule has 17 heavy (non-hydrogen) atoms. The second kappa shape index (κ2) is 6.14. The number of hydrogen-bond donors (Lipinski definition) is 1. The van der Waals surface area contributed by atoms with Crippen molar-refractivity contribution in [2.24, 2.45) is 0 Å². The van der Waals surface area contributed by atoms with E-state index in [9.17, 15) is 9.59 Å². The molecule has 1 fully saturated rings. The molecular formula is C11H20N2O3S. The van der Waals surface area contributed by atoms with Gasteiger partial charge < -0.3 is 10.0 Å². The molecule has 1 N–H and O–H groups in total. The minimum absolute atomic E-state index is 0.0112. The molecule has 5 nitrogen and oxygen atoms in total. The molecule has 0 spiro atoms. The van der Waals surface area contributed by atoms with E-state index >= 15 is 0 Å². The molecular weight excluding hydrogens is 240 g/mol. The van der Waals surface area contributed by atoms with Gasteiger partial charge in [0.15, 0.2) is 0 Å². The molecule has 0 radical (unpaired) electrons. The number of carbonyl (C=O) groups is 2. The van der Waals surface area contributed by atoms with Crippen LogP contribution in [0.25, 0.3) is 0 Å². The van der Waals surface area contributed by atoms with E-state index in [2.05, 4.69) is 0 Å². The maximum absolute atomic E-state index is 12.2. The van der Waals surface area contributed by atoms with Crippen LogP contribution in [0, 0.1) is 0 Å². The van der Waals surface area contributed by atoms with Crippen LogP contribution in [0.3, 0.4) is 0 Å². The van der Waals surface area contributed by atoms with Crippen LogP contribution in [-0.4, -0.2) is 57.7 Å². The third-order valence-electron chi connectivity index (χ3n) is 2.83. The number of carbonyl (C=O) groups excluding carboxylic acids is 1. The van der Waals surface area contributed by atoms with Crippen LogP contribution < -0.4 is 0 Å². The first-order valence-corrected chi connectivity index (χ1v) is 6.95. The molecule has 0 aromatic carbocycles. The van der Waals surface area contributed by atoms with Gasteiger partial charge in [0.05, 0.1) is 5.37 Å². The molecule has 0 aliphatic carbocycles. The van der Waals surface area contributed by atoms with Crippen LogP contribution in [0.1, 0.15) is 26.7 Å². The van der Waals surface area contributed by atoms with E-state index in [1.54, 1.807) is 23.7 Å². The Balaban J connectivity index is 2.81. The largest absolute Gasteiger partial charge is 0.480 e. The Hall–Kier alpha value is -0.910. The van der Waals surface area contributed by atoms with E-state index < -0.39 is 12.0 Å². The van der Waals surface area contributed by atoms with Crippen LogP contribution in [0.15, 0.2) is 0 Å². The molecule has 2 atom stereocenters. The number of thioether (sulfide) groups is 1. The Morgan fingerprint density at radius 1 is 1.47 bits per heavy atom. The quantitative estimate of drug-likeness (QED) is 0.835. The normalized spacial score (nSPS) is 23.8. The summed E-state index contributed by atoms with van der Waals surface area (Å²) < 4.78 is 0. The number of carboxylic acids is 1. The van der Waals surface area contributed by atoms with Crippen molar-refractivity contribution < 1.29 is 14.7 Å². The van der Waals surface area contributed by atoms with Gasteiger partial charge in [-0.15, -0.1) is 11.8 Å². The van der Waals surface area contributed by atoms with Gasteiger partial charge >= 0.3 is 12.0 Å². The van der Waals surface area contributed by atoms with E-state index in [-0.39, 0.29) is 11.4 Å². The summed E-state index contributed by atoms with van der Waals surface area (Å²) in [6.07, 6.45) is 1.65. The van der Waals surface area contributed by atoms with Gasteiger partial charge in [0.1, 0.15) is 6.04 Å². The van der Waals surface area contributed by atoms with Gasteiger partial charge in [-0.05, 0) is 12.8 Å². The van der Waals surface area contributed by atoms with Gasteiger partial charge in [0.2, 0.25) is 0 Å². The lowest BCUT2D eigenvalue weighted by molar-refractivity contribution is -0.141. The molecule has 1 saturated heterocycles. The molecule has 2 unspecified atom stereocenters. The second-order valence-electron chi connectivity index (χ2n) is 4.16. The van der Waals surface area contributed by atoms with Crippen LogP contribution in [-0.2, 0) is 4.79 Å². The number of carboxylic acid groups (broad SMARTS) is 1. The van der Waals surface area contributed by atoms with Crippen molar-refractivity contribution in [1.82, 2.24) is 9.80 Å². The highest BCUT2D eigenvalue weighted by atomic mass is 32.2. The number of amides is 2. The average Bonchev–Trinajstić information content (AvgIpc) is 2.71. The topological polar surface area (TPSA) is 60.9 Å². The lowest BCUT2D eigenvalue weighted by atomic mass is 10.2. The van der Waals surface area contributed by atoms with Crippen LogP contribution >= 0.6 is 11.8 Å². The van der Waals surface area contributed by atoms with E-state index in [1.807, 2.05) is 13.8 Å². The molecule has 0 aromatic heterocycles. The van der Waals surface area contributed by atoms with Crippen LogP contribution in [0.5, 0.6) is 0 Å². The molecule has 6 heteroatoms. The van der Waals surface area contributed by atoms with Crippen molar-refractivity contribution in [1.29, 1.82) is 0 Å². The number of hydrogen-bond acceptors (Lipinski definition) is 3. The van der Waals surface area contributed by atoms with Gasteiger partial charge in [0, 0.05) is 19.3 Å². The SMILES string of the molecule is CCCN(C)C(=O)N1C(CC)SCC1C(=O)O. The smallest absolute Gasteiger partial charge is 0.327 e. The molecule has 0 bridgehead atoms. The number of rotatable bonds is 4. The minimum Gasteiger partial charge on any atom is -0.480 e. The number of urea groups is 1. The monoisotopic (exact) mass is 260 g/mol. The third kappa shape index (κ3) is 3.06. The molecule has 0 aromatic rings. The maximum Gasteiger partial charge on any atom is 0.327 e. The van der Waals surface area contributed by atoms with E-state index in [0.29, 0.717) is 12.3 Å². The molecule has 2 amide bonds. The zero-order valence-corrected chi connectivity index (χ0v) is 11.4. The summed E-state index contributed by atoms with van der Waals surface area (Å²) in [5.41, 5.74) is 0. The van der Waals surface area contributed by atoms with Crippen LogP contribution in [0.4, 0.5) is 4.79 Å². The first kappa shape index (κ1) is 14.2. The lowest BCUT2D eigenvalue weighted by Crippen LogP contribution is -2.50. The van der Waals surface area contributed by atoms with E-state index in [4.69, 9.17) is 5.11 Å². The molecule has 1 heterocycles. The fourth-order valence-corrected chi connectivity index (χ4v) is 3.29. The highest BCUT2D eigenvalue weighted by Crippen LogP contribution is 2.32. The molecule has 1 aliphatic heterocycles. The Kier molecular flexibility index (Phi) is 5.11. The zero-order chi connectivity index (χ0) is 13.0. The maximum atomic E-state index is 12.2. The molecule has 98 valence electrons. The Bertz CT molecular complexity index is 298. The van der Waals surface area contributed by atoms with E-state index in [0.717, 1.165) is 12.8 Å². The van der Waals surface area contributed by atoms with Crippen molar-refractivity contribution in [3.8, 4) is 0 Å². The van der Waals surface area contributed by atoms with Gasteiger partial charge in [0.25, 0.3) is 0 Å². The summed E-state index contributed by atoms with van der Waals surface area (Å²) in [6, 6.07) is -0.854. The van der Waals surface area contributed by atoms with Crippen molar-refractivity contribution in [3.05, 3.63) is 0 Å². The Labute approximate surface area is 106 Å². The highest BCUT2D eigenvalue weighted by Gasteiger charge is 2.41. The Morgan fingerprint density at radius 2 is 2.12 bits per heavy atom. The summed E-state index contributed by atoms with van der Waals surface area (Å²) in [5.74, 6) is -0.425. The Morgan fingerprint density at radius 3 is 2.59 bits per heavy atom. The summed E-state index contributed by atoms with van der Waals surface area (Å²) in [7, 11) is 1.72.